The van der Waals surface area contributed by atoms with E-state index in [-0.39, 0.29) is 0 Å². The van der Waals surface area contributed by atoms with E-state index in [1.165, 1.54) is 18.5 Å². The fourth-order valence-electron chi connectivity index (χ4n) is 1.90. The summed E-state index contributed by atoms with van der Waals surface area (Å²) in [5.74, 6) is 0.694. The molecule has 90 valence electrons. The topological polar surface area (TPSA) is 48.7 Å². The quantitative estimate of drug-likeness (QED) is 0.903. The molecule has 1 aromatic heterocycles. The number of hydrogen-bond acceptors (Lipinski definition) is 4. The van der Waals surface area contributed by atoms with E-state index in [4.69, 9.17) is 5.26 Å². The molecule has 2 aromatic rings. The summed E-state index contributed by atoms with van der Waals surface area (Å²) in [6.07, 6.45) is 2.55. The highest BCUT2D eigenvalue weighted by Crippen LogP contribution is 2.41. The van der Waals surface area contributed by atoms with Gasteiger partial charge in [-0.1, -0.05) is 0 Å². The van der Waals surface area contributed by atoms with Crippen molar-refractivity contribution >= 4 is 22.2 Å². The number of aryl methyl sites for hydroxylation is 1. The molecule has 0 bridgehead atoms. The Morgan fingerprint density at radius 3 is 2.94 bits per heavy atom. The van der Waals surface area contributed by atoms with Crippen molar-refractivity contribution in [2.24, 2.45) is 0 Å². The second-order valence-electron chi connectivity index (χ2n) is 4.62. The third kappa shape index (κ3) is 2.22. The van der Waals surface area contributed by atoms with Crippen molar-refractivity contribution < 1.29 is 0 Å². The van der Waals surface area contributed by atoms with E-state index in [1.807, 2.05) is 25.1 Å². The summed E-state index contributed by atoms with van der Waals surface area (Å²) in [6, 6.07) is 7.92. The zero-order valence-corrected chi connectivity index (χ0v) is 10.9. The normalized spacial score (nSPS) is 14.2. The number of nitrogens with one attached hydrogen (secondary N) is 1. The Labute approximate surface area is 110 Å². The van der Waals surface area contributed by atoms with Gasteiger partial charge in [-0.2, -0.15) is 5.26 Å². The first-order valence-electron chi connectivity index (χ1n) is 5.99. The molecule has 0 radical (unpaired) electrons. The zero-order valence-electron chi connectivity index (χ0n) is 10.1. The summed E-state index contributed by atoms with van der Waals surface area (Å²) in [5, 5.41) is 15.3. The molecule has 0 amide bonds. The van der Waals surface area contributed by atoms with Crippen molar-refractivity contribution in [3.05, 3.63) is 40.4 Å². The molecule has 1 N–H and O–H groups in total. The van der Waals surface area contributed by atoms with Crippen LogP contribution in [0.5, 0.6) is 0 Å². The molecule has 3 rings (SSSR count). The van der Waals surface area contributed by atoms with Crippen molar-refractivity contribution in [2.75, 3.05) is 5.32 Å². The molecule has 1 saturated carbocycles. The lowest BCUT2D eigenvalue weighted by Crippen LogP contribution is -1.92. The number of aromatic nitrogens is 1. The fourth-order valence-corrected chi connectivity index (χ4v) is 2.71. The third-order valence-corrected chi connectivity index (χ3v) is 3.89. The highest BCUT2D eigenvalue weighted by molar-refractivity contribution is 7.13. The van der Waals surface area contributed by atoms with Gasteiger partial charge in [0, 0.05) is 17.0 Å². The minimum Gasteiger partial charge on any atom is -0.332 e. The average Bonchev–Trinajstić information content (AvgIpc) is 3.11. The summed E-state index contributed by atoms with van der Waals surface area (Å²) in [6.45, 7) is 1.95. The largest absolute Gasteiger partial charge is 0.332 e. The second kappa shape index (κ2) is 4.43. The van der Waals surface area contributed by atoms with Crippen molar-refractivity contribution in [3.8, 4) is 6.07 Å². The summed E-state index contributed by atoms with van der Waals surface area (Å²) < 4.78 is 0. The minimum atomic E-state index is 0.694. The van der Waals surface area contributed by atoms with Gasteiger partial charge in [0.15, 0.2) is 5.13 Å². The predicted octanol–water partition coefficient (Wildman–Crippen LogP) is 3.94. The van der Waals surface area contributed by atoms with Gasteiger partial charge in [0.2, 0.25) is 0 Å². The van der Waals surface area contributed by atoms with E-state index in [9.17, 15) is 0 Å². The van der Waals surface area contributed by atoms with Crippen LogP contribution >= 0.6 is 11.3 Å². The lowest BCUT2D eigenvalue weighted by molar-refractivity contribution is 1.05. The molecule has 4 heteroatoms. The lowest BCUT2D eigenvalue weighted by Gasteiger charge is -2.04. The van der Waals surface area contributed by atoms with Crippen molar-refractivity contribution in [1.29, 1.82) is 5.26 Å². The number of rotatable bonds is 3. The number of nitriles is 1. The highest BCUT2D eigenvalue weighted by atomic mass is 32.1. The van der Waals surface area contributed by atoms with Crippen LogP contribution in [0.3, 0.4) is 0 Å². The van der Waals surface area contributed by atoms with Crippen molar-refractivity contribution in [1.82, 2.24) is 4.98 Å². The van der Waals surface area contributed by atoms with E-state index in [0.717, 1.165) is 21.9 Å². The maximum Gasteiger partial charge on any atom is 0.187 e. The van der Waals surface area contributed by atoms with Crippen LogP contribution in [0.2, 0.25) is 0 Å². The van der Waals surface area contributed by atoms with Gasteiger partial charge in [0.25, 0.3) is 0 Å². The Morgan fingerprint density at radius 2 is 2.28 bits per heavy atom. The Balaban J connectivity index is 1.78. The van der Waals surface area contributed by atoms with Crippen LogP contribution < -0.4 is 5.32 Å². The van der Waals surface area contributed by atoms with Gasteiger partial charge in [-0.25, -0.2) is 4.98 Å². The van der Waals surface area contributed by atoms with E-state index in [0.29, 0.717) is 5.92 Å². The zero-order chi connectivity index (χ0) is 12.5. The molecule has 0 spiro atoms. The number of nitrogens with zero attached hydrogens (tertiary/aromatic N) is 2. The molecule has 3 nitrogen and oxygen atoms in total. The molecule has 0 unspecified atom stereocenters. The number of thiazole rings is 1. The van der Waals surface area contributed by atoms with Crippen LogP contribution in [0.15, 0.2) is 23.6 Å². The fraction of sp³-hybridized carbons (Fsp3) is 0.286. The smallest absolute Gasteiger partial charge is 0.187 e. The van der Waals surface area contributed by atoms with Crippen LogP contribution in [-0.4, -0.2) is 4.98 Å². The van der Waals surface area contributed by atoms with Gasteiger partial charge < -0.3 is 5.32 Å². The average molecular weight is 255 g/mol. The summed E-state index contributed by atoms with van der Waals surface area (Å²) >= 11 is 1.64. The Morgan fingerprint density at radius 1 is 1.44 bits per heavy atom. The molecular weight excluding hydrogens is 242 g/mol. The highest BCUT2D eigenvalue weighted by Gasteiger charge is 2.25. The number of benzene rings is 1. The van der Waals surface area contributed by atoms with E-state index in [1.54, 1.807) is 11.3 Å². The standard InChI is InChI=1S/C14H13N3S/c1-9-6-12(5-4-11(9)7-15)16-14-17-13(8-18-14)10-2-3-10/h4-6,8,10H,2-3H2,1H3,(H,16,17). The van der Waals surface area contributed by atoms with E-state index >= 15 is 0 Å². The maximum atomic E-state index is 8.89. The van der Waals surface area contributed by atoms with Crippen LogP contribution in [0, 0.1) is 18.3 Å². The Hall–Kier alpha value is -1.86. The van der Waals surface area contributed by atoms with Crippen LogP contribution in [0.4, 0.5) is 10.8 Å². The molecule has 1 aliphatic rings. The van der Waals surface area contributed by atoms with Gasteiger partial charge in [-0.15, -0.1) is 11.3 Å². The SMILES string of the molecule is Cc1cc(Nc2nc(C3CC3)cs2)ccc1C#N. The molecule has 1 aliphatic carbocycles. The van der Waals surface area contributed by atoms with Gasteiger partial charge in [0.1, 0.15) is 0 Å². The van der Waals surface area contributed by atoms with E-state index < -0.39 is 0 Å². The molecule has 0 aliphatic heterocycles. The third-order valence-electron chi connectivity index (χ3n) is 3.12. The van der Waals surface area contributed by atoms with Crippen LogP contribution in [-0.2, 0) is 0 Å². The first-order valence-corrected chi connectivity index (χ1v) is 6.87. The monoisotopic (exact) mass is 255 g/mol. The van der Waals surface area contributed by atoms with Crippen molar-refractivity contribution in [2.45, 2.75) is 25.7 Å². The molecule has 18 heavy (non-hydrogen) atoms. The molecule has 0 saturated heterocycles. The lowest BCUT2D eigenvalue weighted by atomic mass is 10.1. The molecule has 1 heterocycles. The van der Waals surface area contributed by atoms with Crippen LogP contribution in [0.25, 0.3) is 0 Å². The Bertz CT molecular complexity index is 620. The number of anilines is 2. The summed E-state index contributed by atoms with van der Waals surface area (Å²) in [7, 11) is 0. The van der Waals surface area contributed by atoms with Crippen molar-refractivity contribution in [3.63, 3.8) is 0 Å². The van der Waals surface area contributed by atoms with E-state index in [2.05, 4.69) is 21.8 Å². The van der Waals surface area contributed by atoms with Gasteiger partial charge >= 0.3 is 0 Å². The predicted molar refractivity (Wildman–Crippen MR) is 73.3 cm³/mol. The number of hydrogen-bond donors (Lipinski definition) is 1. The second-order valence-corrected chi connectivity index (χ2v) is 5.48. The summed E-state index contributed by atoms with van der Waals surface area (Å²) in [5.41, 5.74) is 3.91. The Kier molecular flexibility index (Phi) is 2.77. The minimum absolute atomic E-state index is 0.694. The van der Waals surface area contributed by atoms with Gasteiger partial charge in [-0.05, 0) is 43.5 Å². The van der Waals surface area contributed by atoms with Gasteiger partial charge in [-0.3, -0.25) is 0 Å². The molecular formula is C14H13N3S. The first kappa shape index (κ1) is 11.2. The summed E-state index contributed by atoms with van der Waals surface area (Å²) in [4.78, 5) is 4.58. The molecule has 1 aromatic carbocycles. The van der Waals surface area contributed by atoms with Gasteiger partial charge in [0.05, 0.1) is 17.3 Å². The molecule has 1 fully saturated rings. The maximum absolute atomic E-state index is 8.89. The van der Waals surface area contributed by atoms with Crippen LogP contribution in [0.1, 0.15) is 35.6 Å². The first-order chi connectivity index (χ1) is 8.76. The molecule has 0 atom stereocenters.